The molecule has 1 heterocycles. The molecule has 0 fully saturated rings. The Morgan fingerprint density at radius 3 is 2.62 bits per heavy atom. The van der Waals surface area contributed by atoms with Crippen LogP contribution in [0.3, 0.4) is 0 Å². The highest BCUT2D eigenvalue weighted by atomic mass is 35.5. The van der Waals surface area contributed by atoms with E-state index < -0.39 is 0 Å². The molecule has 3 nitrogen and oxygen atoms in total. The highest BCUT2D eigenvalue weighted by molar-refractivity contribution is 6.30. The molecule has 0 bridgehead atoms. The number of aryl methyl sites for hydroxylation is 1. The molecule has 2 rings (SSSR count). The summed E-state index contributed by atoms with van der Waals surface area (Å²) in [5.41, 5.74) is 4.40. The van der Waals surface area contributed by atoms with E-state index in [4.69, 9.17) is 11.6 Å². The second-order valence-corrected chi connectivity index (χ2v) is 4.14. The Morgan fingerprint density at radius 2 is 2.00 bits per heavy atom. The van der Waals surface area contributed by atoms with E-state index in [0.717, 1.165) is 34.1 Å². The monoisotopic (exact) mass is 235 g/mol. The lowest BCUT2D eigenvalue weighted by Gasteiger charge is -2.03. The fourth-order valence-corrected chi connectivity index (χ4v) is 1.90. The number of aromatic amines is 1. The topological polar surface area (TPSA) is 40.7 Å². The summed E-state index contributed by atoms with van der Waals surface area (Å²) in [4.78, 5) is 0. The Morgan fingerprint density at radius 1 is 1.31 bits per heavy atom. The first-order valence-electron chi connectivity index (χ1n) is 5.16. The quantitative estimate of drug-likeness (QED) is 0.859. The summed E-state index contributed by atoms with van der Waals surface area (Å²) in [5.74, 6) is 0. The number of H-pyrrole nitrogens is 1. The summed E-state index contributed by atoms with van der Waals surface area (Å²) in [7, 11) is 1.91. The van der Waals surface area contributed by atoms with Gasteiger partial charge in [0.25, 0.3) is 0 Å². The van der Waals surface area contributed by atoms with Crippen LogP contribution in [0.1, 0.15) is 11.4 Å². The number of rotatable bonds is 3. The molecule has 0 atom stereocenters. The minimum atomic E-state index is 0.750. The fraction of sp³-hybridized carbons (Fsp3) is 0.250. The van der Waals surface area contributed by atoms with Crippen molar-refractivity contribution in [3.05, 3.63) is 40.7 Å². The molecular formula is C12H14ClN3. The first-order valence-corrected chi connectivity index (χ1v) is 5.54. The van der Waals surface area contributed by atoms with Crippen molar-refractivity contribution in [1.29, 1.82) is 0 Å². The van der Waals surface area contributed by atoms with Gasteiger partial charge in [-0.15, -0.1) is 0 Å². The van der Waals surface area contributed by atoms with Gasteiger partial charge in [0.05, 0.1) is 5.69 Å². The Bertz CT molecular complexity index is 474. The van der Waals surface area contributed by atoms with E-state index in [9.17, 15) is 0 Å². The maximum Gasteiger partial charge on any atom is 0.0840 e. The first kappa shape index (κ1) is 11.2. The van der Waals surface area contributed by atoms with Crippen molar-refractivity contribution in [1.82, 2.24) is 15.5 Å². The third kappa shape index (κ3) is 2.10. The third-order valence-corrected chi connectivity index (χ3v) is 2.75. The SMILES string of the molecule is CNCc1n[nH]c(C)c1-c1ccc(Cl)cc1. The number of benzene rings is 1. The second kappa shape index (κ2) is 4.68. The number of nitrogens with zero attached hydrogens (tertiary/aromatic N) is 1. The van der Waals surface area contributed by atoms with E-state index in [1.54, 1.807) is 0 Å². The predicted octanol–water partition coefficient (Wildman–Crippen LogP) is 2.76. The van der Waals surface area contributed by atoms with Crippen molar-refractivity contribution in [2.24, 2.45) is 0 Å². The van der Waals surface area contributed by atoms with Crippen LogP contribution in [0.25, 0.3) is 11.1 Å². The zero-order valence-electron chi connectivity index (χ0n) is 9.34. The van der Waals surface area contributed by atoms with Gasteiger partial charge < -0.3 is 5.32 Å². The molecule has 1 aromatic carbocycles. The lowest BCUT2D eigenvalue weighted by molar-refractivity contribution is 0.785. The zero-order chi connectivity index (χ0) is 11.5. The third-order valence-electron chi connectivity index (χ3n) is 2.50. The Labute approximate surface area is 99.8 Å². The van der Waals surface area contributed by atoms with E-state index in [2.05, 4.69) is 15.5 Å². The number of nitrogens with one attached hydrogen (secondary N) is 2. The van der Waals surface area contributed by atoms with Crippen LogP contribution in [0.15, 0.2) is 24.3 Å². The maximum absolute atomic E-state index is 5.88. The summed E-state index contributed by atoms with van der Waals surface area (Å²) in [6, 6.07) is 7.82. The van der Waals surface area contributed by atoms with E-state index in [1.165, 1.54) is 0 Å². The molecule has 0 saturated carbocycles. The number of hydrogen-bond acceptors (Lipinski definition) is 2. The van der Waals surface area contributed by atoms with E-state index in [-0.39, 0.29) is 0 Å². The van der Waals surface area contributed by atoms with Gasteiger partial charge in [-0.3, -0.25) is 5.10 Å². The number of aromatic nitrogens is 2. The van der Waals surface area contributed by atoms with Crippen LogP contribution in [0.2, 0.25) is 5.02 Å². The molecule has 84 valence electrons. The van der Waals surface area contributed by atoms with Gasteiger partial charge in [-0.1, -0.05) is 23.7 Å². The Kier molecular flexibility index (Phi) is 3.27. The lowest BCUT2D eigenvalue weighted by atomic mass is 10.0. The van der Waals surface area contributed by atoms with Gasteiger partial charge in [0, 0.05) is 22.8 Å². The fourth-order valence-electron chi connectivity index (χ4n) is 1.77. The minimum absolute atomic E-state index is 0.750. The van der Waals surface area contributed by atoms with Crippen molar-refractivity contribution in [2.75, 3.05) is 7.05 Å². The van der Waals surface area contributed by atoms with Crippen LogP contribution >= 0.6 is 11.6 Å². The van der Waals surface area contributed by atoms with Crippen LogP contribution in [-0.2, 0) is 6.54 Å². The molecule has 16 heavy (non-hydrogen) atoms. The first-order chi connectivity index (χ1) is 7.72. The van der Waals surface area contributed by atoms with Gasteiger partial charge in [0.15, 0.2) is 0 Å². The highest BCUT2D eigenvalue weighted by Gasteiger charge is 2.11. The van der Waals surface area contributed by atoms with Crippen LogP contribution in [0, 0.1) is 6.92 Å². The largest absolute Gasteiger partial charge is 0.314 e. The van der Waals surface area contributed by atoms with Crippen LogP contribution in [0.5, 0.6) is 0 Å². The second-order valence-electron chi connectivity index (χ2n) is 3.71. The average molecular weight is 236 g/mol. The van der Waals surface area contributed by atoms with Crippen molar-refractivity contribution in [2.45, 2.75) is 13.5 Å². The normalized spacial score (nSPS) is 10.7. The molecule has 0 unspecified atom stereocenters. The number of hydrogen-bond donors (Lipinski definition) is 2. The van der Waals surface area contributed by atoms with Crippen molar-refractivity contribution < 1.29 is 0 Å². The van der Waals surface area contributed by atoms with Gasteiger partial charge in [-0.2, -0.15) is 5.10 Å². The van der Waals surface area contributed by atoms with Crippen molar-refractivity contribution >= 4 is 11.6 Å². The van der Waals surface area contributed by atoms with Gasteiger partial charge in [0.1, 0.15) is 0 Å². The molecule has 0 spiro atoms. The van der Waals surface area contributed by atoms with Gasteiger partial charge in [-0.25, -0.2) is 0 Å². The standard InChI is InChI=1S/C12H14ClN3/c1-8-12(11(7-14-2)16-15-8)9-3-5-10(13)6-4-9/h3-6,14H,7H2,1-2H3,(H,15,16). The van der Waals surface area contributed by atoms with E-state index in [1.807, 2.05) is 38.2 Å². The highest BCUT2D eigenvalue weighted by Crippen LogP contribution is 2.26. The Hall–Kier alpha value is -1.32. The van der Waals surface area contributed by atoms with E-state index >= 15 is 0 Å². The van der Waals surface area contributed by atoms with Crippen LogP contribution in [0.4, 0.5) is 0 Å². The molecule has 2 N–H and O–H groups in total. The molecule has 0 aliphatic heterocycles. The summed E-state index contributed by atoms with van der Waals surface area (Å²) in [6.07, 6.45) is 0. The zero-order valence-corrected chi connectivity index (χ0v) is 10.1. The average Bonchev–Trinajstić information content (AvgIpc) is 2.62. The molecular weight excluding hydrogens is 222 g/mol. The minimum Gasteiger partial charge on any atom is -0.314 e. The lowest BCUT2D eigenvalue weighted by Crippen LogP contribution is -2.06. The van der Waals surface area contributed by atoms with Crippen LogP contribution in [-0.4, -0.2) is 17.2 Å². The summed E-state index contributed by atoms with van der Waals surface area (Å²) in [5, 5.41) is 11.2. The molecule has 0 aliphatic rings. The molecule has 2 aromatic rings. The predicted molar refractivity (Wildman–Crippen MR) is 66.5 cm³/mol. The number of halogens is 1. The molecule has 4 heteroatoms. The molecule has 0 radical (unpaired) electrons. The molecule has 0 saturated heterocycles. The maximum atomic E-state index is 5.88. The summed E-state index contributed by atoms with van der Waals surface area (Å²) >= 11 is 5.88. The van der Waals surface area contributed by atoms with Gasteiger partial charge in [-0.05, 0) is 31.7 Å². The molecule has 0 aliphatic carbocycles. The summed E-state index contributed by atoms with van der Waals surface area (Å²) < 4.78 is 0. The van der Waals surface area contributed by atoms with E-state index in [0.29, 0.717) is 0 Å². The Balaban J connectivity index is 2.45. The van der Waals surface area contributed by atoms with Crippen molar-refractivity contribution in [3.8, 4) is 11.1 Å². The van der Waals surface area contributed by atoms with Gasteiger partial charge in [0.2, 0.25) is 0 Å². The molecule has 1 aromatic heterocycles. The van der Waals surface area contributed by atoms with Crippen LogP contribution < -0.4 is 5.32 Å². The summed E-state index contributed by atoms with van der Waals surface area (Å²) in [6.45, 7) is 2.78. The van der Waals surface area contributed by atoms with Crippen molar-refractivity contribution in [3.63, 3.8) is 0 Å². The smallest absolute Gasteiger partial charge is 0.0840 e. The van der Waals surface area contributed by atoms with Gasteiger partial charge >= 0.3 is 0 Å². The molecule has 0 amide bonds.